The molecule has 120 valence electrons. The molecule has 1 amide bonds. The van der Waals surface area contributed by atoms with Gasteiger partial charge in [0.2, 0.25) is 10.0 Å². The molecule has 6 nitrogen and oxygen atoms in total. The highest BCUT2D eigenvalue weighted by atomic mass is 32.2. The molecule has 1 aromatic rings. The summed E-state index contributed by atoms with van der Waals surface area (Å²) in [6.07, 6.45) is 1.75. The van der Waals surface area contributed by atoms with Gasteiger partial charge in [-0.05, 0) is 31.0 Å². The van der Waals surface area contributed by atoms with Gasteiger partial charge in [-0.3, -0.25) is 4.79 Å². The summed E-state index contributed by atoms with van der Waals surface area (Å²) in [5.74, 6) is -1.29. The Kier molecular flexibility index (Phi) is 4.16. The normalized spacial score (nSPS) is 19.9. The molecule has 8 heteroatoms. The van der Waals surface area contributed by atoms with Crippen molar-refractivity contribution < 1.29 is 22.3 Å². The van der Waals surface area contributed by atoms with Crippen LogP contribution in [0.15, 0.2) is 23.1 Å². The van der Waals surface area contributed by atoms with Gasteiger partial charge in [-0.15, -0.1) is 0 Å². The summed E-state index contributed by atoms with van der Waals surface area (Å²) in [7, 11) is -3.74. The number of nitrogens with zero attached hydrogens (tertiary/aromatic N) is 1. The Morgan fingerprint density at radius 1 is 1.27 bits per heavy atom. The minimum absolute atomic E-state index is 0.0725. The minimum atomic E-state index is -3.74. The van der Waals surface area contributed by atoms with Crippen LogP contribution in [0.5, 0.6) is 0 Å². The number of amides is 1. The Labute approximate surface area is 128 Å². The highest BCUT2D eigenvalue weighted by molar-refractivity contribution is 7.89. The minimum Gasteiger partial charge on any atom is -0.379 e. The molecule has 0 atom stereocenters. The van der Waals surface area contributed by atoms with Crippen molar-refractivity contribution >= 4 is 15.9 Å². The first-order valence-corrected chi connectivity index (χ1v) is 8.61. The van der Waals surface area contributed by atoms with Crippen LogP contribution >= 0.6 is 0 Å². The highest BCUT2D eigenvalue weighted by Gasteiger charge is 2.29. The lowest BCUT2D eigenvalue weighted by molar-refractivity contribution is 0.0730. The van der Waals surface area contributed by atoms with E-state index in [4.69, 9.17) is 4.74 Å². The lowest BCUT2D eigenvalue weighted by Crippen LogP contribution is -2.40. The Balaban J connectivity index is 1.88. The van der Waals surface area contributed by atoms with E-state index in [2.05, 4.69) is 5.32 Å². The first kappa shape index (κ1) is 15.4. The van der Waals surface area contributed by atoms with Gasteiger partial charge in [0.05, 0.1) is 23.7 Å². The molecule has 1 aliphatic heterocycles. The van der Waals surface area contributed by atoms with Crippen molar-refractivity contribution in [2.75, 3.05) is 26.3 Å². The van der Waals surface area contributed by atoms with Gasteiger partial charge in [-0.1, -0.05) is 0 Å². The number of carbonyl (C=O) groups excluding carboxylic acids is 1. The molecular formula is C14H17FN2O4S. The van der Waals surface area contributed by atoms with Gasteiger partial charge < -0.3 is 10.1 Å². The largest absolute Gasteiger partial charge is 0.379 e. The van der Waals surface area contributed by atoms with E-state index in [0.717, 1.165) is 25.0 Å². The van der Waals surface area contributed by atoms with Crippen LogP contribution in [0.25, 0.3) is 0 Å². The molecule has 1 heterocycles. The highest BCUT2D eigenvalue weighted by Crippen LogP contribution is 2.23. The number of morpholine rings is 1. The average molecular weight is 328 g/mol. The van der Waals surface area contributed by atoms with E-state index < -0.39 is 21.7 Å². The molecule has 2 aliphatic rings. The molecule has 1 saturated carbocycles. The second kappa shape index (κ2) is 5.94. The van der Waals surface area contributed by atoms with Crippen LogP contribution in [0.2, 0.25) is 0 Å². The first-order chi connectivity index (χ1) is 10.5. The predicted octanol–water partition coefficient (Wildman–Crippen LogP) is 0.739. The summed E-state index contributed by atoms with van der Waals surface area (Å²) >= 11 is 0. The zero-order chi connectivity index (χ0) is 15.7. The number of carbonyl (C=O) groups is 1. The van der Waals surface area contributed by atoms with E-state index in [-0.39, 0.29) is 29.6 Å². The monoisotopic (exact) mass is 328 g/mol. The molecule has 22 heavy (non-hydrogen) atoms. The van der Waals surface area contributed by atoms with E-state index in [0.29, 0.717) is 13.2 Å². The molecule has 1 aromatic carbocycles. The van der Waals surface area contributed by atoms with E-state index >= 15 is 0 Å². The van der Waals surface area contributed by atoms with E-state index in [9.17, 15) is 17.6 Å². The third kappa shape index (κ3) is 3.13. The summed E-state index contributed by atoms with van der Waals surface area (Å²) in [6.45, 7) is 1.16. The van der Waals surface area contributed by atoms with Crippen LogP contribution in [-0.4, -0.2) is 51.0 Å². The predicted molar refractivity (Wildman–Crippen MR) is 76.5 cm³/mol. The third-order valence-electron chi connectivity index (χ3n) is 3.70. The number of nitrogens with one attached hydrogen (secondary N) is 1. The number of halogens is 1. The van der Waals surface area contributed by atoms with Crippen LogP contribution in [0, 0.1) is 5.82 Å². The molecule has 0 bridgehead atoms. The second-order valence-corrected chi connectivity index (χ2v) is 7.34. The summed E-state index contributed by atoms with van der Waals surface area (Å²) in [4.78, 5) is 11.9. The first-order valence-electron chi connectivity index (χ1n) is 7.17. The van der Waals surface area contributed by atoms with E-state index in [1.54, 1.807) is 0 Å². The summed E-state index contributed by atoms with van der Waals surface area (Å²) in [5, 5.41) is 2.66. The average Bonchev–Trinajstić information content (AvgIpc) is 3.32. The van der Waals surface area contributed by atoms with Crippen molar-refractivity contribution in [3.05, 3.63) is 29.6 Å². The molecule has 2 fully saturated rings. The van der Waals surface area contributed by atoms with Crippen molar-refractivity contribution in [1.82, 2.24) is 9.62 Å². The van der Waals surface area contributed by atoms with Crippen molar-refractivity contribution in [3.8, 4) is 0 Å². The molecule has 3 rings (SSSR count). The van der Waals surface area contributed by atoms with Crippen LogP contribution in [0.1, 0.15) is 23.2 Å². The molecular weight excluding hydrogens is 311 g/mol. The molecule has 0 radical (unpaired) electrons. The fraction of sp³-hybridized carbons (Fsp3) is 0.500. The summed E-state index contributed by atoms with van der Waals surface area (Å²) in [5.41, 5.74) is -0.235. The van der Waals surface area contributed by atoms with Crippen molar-refractivity contribution in [2.45, 2.75) is 23.8 Å². The second-order valence-electron chi connectivity index (χ2n) is 5.41. The number of benzene rings is 1. The van der Waals surface area contributed by atoms with Gasteiger partial charge in [-0.2, -0.15) is 4.31 Å². The Morgan fingerprint density at radius 3 is 2.59 bits per heavy atom. The molecule has 0 aromatic heterocycles. The fourth-order valence-corrected chi connectivity index (χ4v) is 3.70. The fourth-order valence-electron chi connectivity index (χ4n) is 2.27. The van der Waals surface area contributed by atoms with E-state index in [1.807, 2.05) is 0 Å². The molecule has 0 unspecified atom stereocenters. The molecule has 1 saturated heterocycles. The Bertz CT molecular complexity index is 682. The number of ether oxygens (including phenoxy) is 1. The van der Waals surface area contributed by atoms with E-state index in [1.165, 1.54) is 10.4 Å². The molecule has 1 N–H and O–H groups in total. The van der Waals surface area contributed by atoms with Crippen LogP contribution in [-0.2, 0) is 14.8 Å². The Morgan fingerprint density at radius 2 is 1.95 bits per heavy atom. The van der Waals surface area contributed by atoms with Gasteiger partial charge in [-0.25, -0.2) is 12.8 Å². The van der Waals surface area contributed by atoms with Gasteiger partial charge in [0.15, 0.2) is 0 Å². The lowest BCUT2D eigenvalue weighted by atomic mass is 10.2. The molecule has 0 spiro atoms. The summed E-state index contributed by atoms with van der Waals surface area (Å²) < 4.78 is 45.3. The molecule has 1 aliphatic carbocycles. The summed E-state index contributed by atoms with van der Waals surface area (Å²) in [6, 6.07) is 3.40. The SMILES string of the molecule is O=C(NC1CC1)c1cc(S(=O)(=O)N2CCOCC2)ccc1F. The van der Waals surface area contributed by atoms with Crippen molar-refractivity contribution in [2.24, 2.45) is 0 Å². The van der Waals surface area contributed by atoms with Gasteiger partial charge >= 0.3 is 0 Å². The maximum Gasteiger partial charge on any atom is 0.254 e. The number of rotatable bonds is 4. The number of sulfonamides is 1. The standard InChI is InChI=1S/C14H17FN2O4S/c15-13-4-3-11(9-12(13)14(18)16-10-1-2-10)22(19,20)17-5-7-21-8-6-17/h3-4,9-10H,1-2,5-8H2,(H,16,18). The van der Waals surface area contributed by atoms with Crippen molar-refractivity contribution in [3.63, 3.8) is 0 Å². The number of hydrogen-bond acceptors (Lipinski definition) is 4. The van der Waals surface area contributed by atoms with Gasteiger partial charge in [0.25, 0.3) is 5.91 Å². The lowest BCUT2D eigenvalue weighted by Gasteiger charge is -2.26. The maximum absolute atomic E-state index is 13.8. The Hall–Kier alpha value is -1.51. The van der Waals surface area contributed by atoms with Gasteiger partial charge in [0.1, 0.15) is 5.82 Å². The number of hydrogen-bond donors (Lipinski definition) is 1. The topological polar surface area (TPSA) is 75.7 Å². The van der Waals surface area contributed by atoms with Crippen LogP contribution < -0.4 is 5.32 Å². The van der Waals surface area contributed by atoms with Crippen LogP contribution in [0.3, 0.4) is 0 Å². The zero-order valence-electron chi connectivity index (χ0n) is 11.9. The zero-order valence-corrected chi connectivity index (χ0v) is 12.7. The van der Waals surface area contributed by atoms with Crippen molar-refractivity contribution in [1.29, 1.82) is 0 Å². The third-order valence-corrected chi connectivity index (χ3v) is 5.60. The smallest absolute Gasteiger partial charge is 0.254 e. The van der Waals surface area contributed by atoms with Crippen LogP contribution in [0.4, 0.5) is 4.39 Å². The maximum atomic E-state index is 13.8. The quantitative estimate of drug-likeness (QED) is 0.884. The van der Waals surface area contributed by atoms with Gasteiger partial charge in [0, 0.05) is 19.1 Å².